The number of thioether (sulfide) groups is 1. The van der Waals surface area contributed by atoms with Crippen molar-refractivity contribution in [1.82, 2.24) is 0 Å². The van der Waals surface area contributed by atoms with E-state index in [1.54, 1.807) is 0 Å². The van der Waals surface area contributed by atoms with Crippen LogP contribution in [-0.2, 0) is 4.79 Å². The Labute approximate surface area is 117 Å². The highest BCUT2D eigenvalue weighted by molar-refractivity contribution is 8.00. The maximum absolute atomic E-state index is 11.7. The van der Waals surface area contributed by atoms with Crippen LogP contribution in [0.15, 0.2) is 0 Å². The normalized spacial score (nSPS) is 16.3. The summed E-state index contributed by atoms with van der Waals surface area (Å²) in [5.41, 5.74) is 0. The van der Waals surface area contributed by atoms with Gasteiger partial charge in [-0.2, -0.15) is 11.8 Å². The molecule has 1 nitrogen and oxygen atoms in total. The summed E-state index contributed by atoms with van der Waals surface area (Å²) in [6.45, 7) is 2.25. The van der Waals surface area contributed by atoms with Crippen molar-refractivity contribution < 1.29 is 4.79 Å². The Morgan fingerprint density at radius 1 is 1.00 bits per heavy atom. The Bertz CT molecular complexity index is 209. The van der Waals surface area contributed by atoms with Gasteiger partial charge in [0.15, 0.2) is 0 Å². The summed E-state index contributed by atoms with van der Waals surface area (Å²) in [5.74, 6) is 1.26. The number of Topliss-reactive ketones (excluding diaryl/α,β-unsaturated/α-hetero) is 1. The van der Waals surface area contributed by atoms with Crippen molar-refractivity contribution in [2.24, 2.45) is 0 Å². The van der Waals surface area contributed by atoms with Gasteiger partial charge in [0, 0.05) is 11.7 Å². The molecule has 0 radical (unpaired) electrons. The first-order chi connectivity index (χ1) is 8.83. The van der Waals surface area contributed by atoms with Gasteiger partial charge in [-0.05, 0) is 19.3 Å². The predicted molar refractivity (Wildman–Crippen MR) is 82.3 cm³/mol. The minimum Gasteiger partial charge on any atom is -0.299 e. The molecule has 1 aliphatic carbocycles. The summed E-state index contributed by atoms with van der Waals surface area (Å²) in [5, 5.41) is 0.794. The molecule has 1 fully saturated rings. The van der Waals surface area contributed by atoms with Crippen LogP contribution < -0.4 is 0 Å². The lowest BCUT2D eigenvalue weighted by atomic mass is 10.1. The average molecular weight is 270 g/mol. The first kappa shape index (κ1) is 16.1. The second-order valence-electron chi connectivity index (χ2n) is 5.63. The molecule has 0 spiro atoms. The second kappa shape index (κ2) is 10.9. The van der Waals surface area contributed by atoms with Crippen molar-refractivity contribution in [1.29, 1.82) is 0 Å². The lowest BCUT2D eigenvalue weighted by Gasteiger charge is -2.07. The Balaban J connectivity index is 1.84. The van der Waals surface area contributed by atoms with Gasteiger partial charge in [0.25, 0.3) is 0 Å². The van der Waals surface area contributed by atoms with Gasteiger partial charge in [-0.3, -0.25) is 4.79 Å². The standard InChI is InChI=1S/C16H30OS/c1-2-3-4-5-6-7-8-11-15(17)14-18-16-12-9-10-13-16/h16H,2-14H2,1H3. The Morgan fingerprint density at radius 3 is 2.28 bits per heavy atom. The van der Waals surface area contributed by atoms with Crippen LogP contribution in [-0.4, -0.2) is 16.8 Å². The molecule has 0 aromatic carbocycles. The topological polar surface area (TPSA) is 17.1 Å². The number of hydrogen-bond donors (Lipinski definition) is 0. The molecular formula is C16H30OS. The molecule has 0 aliphatic heterocycles. The van der Waals surface area contributed by atoms with Crippen LogP contribution >= 0.6 is 11.8 Å². The van der Waals surface area contributed by atoms with E-state index in [0.717, 1.165) is 23.8 Å². The monoisotopic (exact) mass is 270 g/mol. The molecule has 0 saturated heterocycles. The summed E-state index contributed by atoms with van der Waals surface area (Å²) < 4.78 is 0. The highest BCUT2D eigenvalue weighted by Crippen LogP contribution is 2.29. The van der Waals surface area contributed by atoms with Crippen molar-refractivity contribution in [3.05, 3.63) is 0 Å². The Kier molecular flexibility index (Phi) is 9.73. The maximum Gasteiger partial charge on any atom is 0.142 e. The molecule has 0 atom stereocenters. The Hall–Kier alpha value is 0.0200. The van der Waals surface area contributed by atoms with Gasteiger partial charge in [0.2, 0.25) is 0 Å². The highest BCUT2D eigenvalue weighted by Gasteiger charge is 2.16. The van der Waals surface area contributed by atoms with E-state index in [9.17, 15) is 4.79 Å². The van der Waals surface area contributed by atoms with E-state index >= 15 is 0 Å². The van der Waals surface area contributed by atoms with E-state index in [4.69, 9.17) is 0 Å². The second-order valence-corrected chi connectivity index (χ2v) is 6.92. The zero-order valence-corrected chi connectivity index (χ0v) is 12.9. The minimum absolute atomic E-state index is 0.487. The smallest absolute Gasteiger partial charge is 0.142 e. The van der Waals surface area contributed by atoms with Gasteiger partial charge in [-0.1, -0.05) is 58.3 Å². The van der Waals surface area contributed by atoms with Gasteiger partial charge < -0.3 is 0 Å². The highest BCUT2D eigenvalue weighted by atomic mass is 32.2. The lowest BCUT2D eigenvalue weighted by Crippen LogP contribution is -2.05. The lowest BCUT2D eigenvalue weighted by molar-refractivity contribution is -0.116. The number of hydrogen-bond acceptors (Lipinski definition) is 2. The van der Waals surface area contributed by atoms with Crippen LogP contribution in [0.2, 0.25) is 0 Å². The van der Waals surface area contributed by atoms with Crippen molar-refractivity contribution in [3.63, 3.8) is 0 Å². The predicted octanol–water partition coefficient (Wildman–Crippen LogP) is 5.37. The van der Waals surface area contributed by atoms with Crippen LogP contribution in [0.25, 0.3) is 0 Å². The molecule has 106 valence electrons. The number of ketones is 1. The summed E-state index contributed by atoms with van der Waals surface area (Å²) in [6.07, 6.45) is 15.4. The summed E-state index contributed by atoms with van der Waals surface area (Å²) in [7, 11) is 0. The largest absolute Gasteiger partial charge is 0.299 e. The fourth-order valence-electron chi connectivity index (χ4n) is 2.62. The molecular weight excluding hydrogens is 240 g/mol. The van der Waals surface area contributed by atoms with Crippen LogP contribution in [0, 0.1) is 0 Å². The van der Waals surface area contributed by atoms with Gasteiger partial charge in [0.05, 0.1) is 5.75 Å². The zero-order chi connectivity index (χ0) is 13.1. The molecule has 2 heteroatoms. The molecule has 0 amide bonds. The molecule has 0 unspecified atom stereocenters. The van der Waals surface area contributed by atoms with Crippen molar-refractivity contribution in [2.45, 2.75) is 89.2 Å². The van der Waals surface area contributed by atoms with E-state index in [1.165, 1.54) is 64.2 Å². The van der Waals surface area contributed by atoms with Gasteiger partial charge in [0.1, 0.15) is 5.78 Å². The number of carbonyl (C=O) groups excluding carboxylic acids is 1. The molecule has 0 aromatic heterocycles. The van der Waals surface area contributed by atoms with Crippen LogP contribution in [0.5, 0.6) is 0 Å². The molecule has 1 aliphatic rings. The summed E-state index contributed by atoms with van der Waals surface area (Å²) >= 11 is 1.92. The fourth-order valence-corrected chi connectivity index (χ4v) is 3.85. The molecule has 1 saturated carbocycles. The van der Waals surface area contributed by atoms with Gasteiger partial charge in [-0.25, -0.2) is 0 Å². The number of unbranched alkanes of at least 4 members (excludes halogenated alkanes) is 6. The molecule has 0 bridgehead atoms. The van der Waals surface area contributed by atoms with Crippen molar-refractivity contribution >= 4 is 17.5 Å². The molecule has 1 rings (SSSR count). The van der Waals surface area contributed by atoms with E-state index in [-0.39, 0.29) is 0 Å². The van der Waals surface area contributed by atoms with E-state index in [1.807, 2.05) is 11.8 Å². The number of carbonyl (C=O) groups is 1. The Morgan fingerprint density at radius 2 is 1.61 bits per heavy atom. The molecule has 18 heavy (non-hydrogen) atoms. The summed E-state index contributed by atoms with van der Waals surface area (Å²) in [6, 6.07) is 0. The maximum atomic E-state index is 11.7. The van der Waals surface area contributed by atoms with Crippen molar-refractivity contribution in [3.8, 4) is 0 Å². The molecule has 0 aromatic rings. The third-order valence-corrected chi connectivity index (χ3v) is 5.27. The van der Waals surface area contributed by atoms with E-state index in [0.29, 0.717) is 5.78 Å². The van der Waals surface area contributed by atoms with Crippen LogP contribution in [0.1, 0.15) is 84.0 Å². The van der Waals surface area contributed by atoms with Crippen LogP contribution in [0.4, 0.5) is 0 Å². The molecule has 0 N–H and O–H groups in total. The third-order valence-electron chi connectivity index (χ3n) is 3.84. The first-order valence-corrected chi connectivity index (χ1v) is 9.01. The van der Waals surface area contributed by atoms with Crippen LogP contribution in [0.3, 0.4) is 0 Å². The number of rotatable bonds is 11. The summed E-state index contributed by atoms with van der Waals surface area (Å²) in [4.78, 5) is 11.7. The fraction of sp³-hybridized carbons (Fsp3) is 0.938. The average Bonchev–Trinajstić information content (AvgIpc) is 2.88. The quantitative estimate of drug-likeness (QED) is 0.469. The SMILES string of the molecule is CCCCCCCCCC(=O)CSC1CCCC1. The first-order valence-electron chi connectivity index (χ1n) is 7.96. The third kappa shape index (κ3) is 8.18. The van der Waals surface area contributed by atoms with E-state index in [2.05, 4.69) is 6.92 Å². The van der Waals surface area contributed by atoms with Gasteiger partial charge in [-0.15, -0.1) is 0 Å². The minimum atomic E-state index is 0.487. The van der Waals surface area contributed by atoms with E-state index < -0.39 is 0 Å². The van der Waals surface area contributed by atoms with Crippen molar-refractivity contribution in [2.75, 3.05) is 5.75 Å². The van der Waals surface area contributed by atoms with Gasteiger partial charge >= 0.3 is 0 Å². The molecule has 0 heterocycles. The zero-order valence-electron chi connectivity index (χ0n) is 12.1.